The molecular weight excluding hydrogens is 294 g/mol. The summed E-state index contributed by atoms with van der Waals surface area (Å²) in [6.07, 6.45) is 6.46. The predicted octanol–water partition coefficient (Wildman–Crippen LogP) is 3.38. The fraction of sp³-hybridized carbons (Fsp3) is 0.529. The molecule has 116 valence electrons. The summed E-state index contributed by atoms with van der Waals surface area (Å²) in [5.41, 5.74) is 1.06. The van der Waals surface area contributed by atoms with Crippen molar-refractivity contribution in [2.75, 3.05) is 13.1 Å². The number of thiophene rings is 1. The van der Waals surface area contributed by atoms with E-state index >= 15 is 0 Å². The number of rotatable bonds is 3. The standard InChI is InChI=1S/C17H21N3OS/c1-11-3-4-15(22-11)14-9-18-17(19-10-14)21-16-12(2)20-7-5-13(16)6-8-20/h3-4,9-10,12-13,16H,5-8H2,1-2H3. The van der Waals surface area contributed by atoms with E-state index in [0.717, 1.165) is 5.56 Å². The second-order valence-corrected chi connectivity index (χ2v) is 7.65. The average Bonchev–Trinajstić information content (AvgIpc) is 2.98. The summed E-state index contributed by atoms with van der Waals surface area (Å²) < 4.78 is 6.14. The monoisotopic (exact) mass is 315 g/mol. The normalized spacial score (nSPS) is 30.5. The lowest BCUT2D eigenvalue weighted by Crippen LogP contribution is -2.58. The number of aryl methyl sites for hydroxylation is 1. The molecule has 5 rings (SSSR count). The quantitative estimate of drug-likeness (QED) is 0.870. The molecule has 3 aliphatic rings. The highest BCUT2D eigenvalue weighted by molar-refractivity contribution is 7.15. The smallest absolute Gasteiger partial charge is 0.316 e. The molecule has 2 aromatic heterocycles. The summed E-state index contributed by atoms with van der Waals surface area (Å²) in [6.45, 7) is 6.80. The van der Waals surface area contributed by atoms with E-state index in [2.05, 4.69) is 40.8 Å². The van der Waals surface area contributed by atoms with Gasteiger partial charge >= 0.3 is 6.01 Å². The predicted molar refractivity (Wildman–Crippen MR) is 88.3 cm³/mol. The molecule has 22 heavy (non-hydrogen) atoms. The van der Waals surface area contributed by atoms with Crippen molar-refractivity contribution in [3.8, 4) is 16.5 Å². The Balaban J connectivity index is 1.49. The SMILES string of the molecule is Cc1ccc(-c2cnc(OC3C4CCN(CC4)C3C)nc2)s1. The van der Waals surface area contributed by atoms with Crippen molar-refractivity contribution in [1.29, 1.82) is 0 Å². The molecule has 0 spiro atoms. The molecular formula is C17H21N3OS. The number of fused-ring (bicyclic) bond motifs is 3. The van der Waals surface area contributed by atoms with Crippen LogP contribution in [0.25, 0.3) is 10.4 Å². The van der Waals surface area contributed by atoms with Crippen LogP contribution in [0.2, 0.25) is 0 Å². The zero-order valence-corrected chi connectivity index (χ0v) is 13.8. The molecule has 0 radical (unpaired) electrons. The lowest BCUT2D eigenvalue weighted by molar-refractivity contribution is -0.0544. The highest BCUT2D eigenvalue weighted by atomic mass is 32.1. The topological polar surface area (TPSA) is 38.2 Å². The number of ether oxygens (including phenoxy) is 1. The average molecular weight is 315 g/mol. The third-order valence-electron chi connectivity index (χ3n) is 4.98. The van der Waals surface area contributed by atoms with E-state index in [1.165, 1.54) is 35.7 Å². The van der Waals surface area contributed by atoms with Gasteiger partial charge in [0.25, 0.3) is 0 Å². The van der Waals surface area contributed by atoms with E-state index in [0.29, 0.717) is 18.0 Å². The Morgan fingerprint density at radius 2 is 1.91 bits per heavy atom. The van der Waals surface area contributed by atoms with Crippen molar-refractivity contribution in [1.82, 2.24) is 14.9 Å². The van der Waals surface area contributed by atoms with Crippen LogP contribution in [0.1, 0.15) is 24.6 Å². The van der Waals surface area contributed by atoms with E-state index in [9.17, 15) is 0 Å². The largest absolute Gasteiger partial charge is 0.458 e. The Kier molecular flexibility index (Phi) is 3.62. The summed E-state index contributed by atoms with van der Waals surface area (Å²) in [4.78, 5) is 13.9. The molecule has 0 N–H and O–H groups in total. The first-order valence-electron chi connectivity index (χ1n) is 8.00. The first kappa shape index (κ1) is 14.2. The van der Waals surface area contributed by atoms with Gasteiger partial charge in [0.1, 0.15) is 6.10 Å². The van der Waals surface area contributed by atoms with Gasteiger partial charge in [-0.05, 0) is 57.8 Å². The molecule has 0 aliphatic carbocycles. The second kappa shape index (κ2) is 5.63. The van der Waals surface area contributed by atoms with E-state index in [1.54, 1.807) is 11.3 Å². The van der Waals surface area contributed by atoms with Gasteiger partial charge in [-0.25, -0.2) is 9.97 Å². The Bertz CT molecular complexity index is 644. The van der Waals surface area contributed by atoms with Crippen LogP contribution in [0.5, 0.6) is 6.01 Å². The number of nitrogens with zero attached hydrogens (tertiary/aromatic N) is 3. The third kappa shape index (κ3) is 2.52. The van der Waals surface area contributed by atoms with Gasteiger partial charge in [-0.15, -0.1) is 11.3 Å². The zero-order valence-electron chi connectivity index (χ0n) is 13.0. The van der Waals surface area contributed by atoms with Gasteiger partial charge in [-0.1, -0.05) is 0 Å². The van der Waals surface area contributed by atoms with Crippen LogP contribution >= 0.6 is 11.3 Å². The van der Waals surface area contributed by atoms with Crippen LogP contribution in [0.15, 0.2) is 24.5 Å². The molecule has 0 aromatic carbocycles. The van der Waals surface area contributed by atoms with Crippen LogP contribution in [-0.2, 0) is 0 Å². The Hall–Kier alpha value is -1.46. The van der Waals surface area contributed by atoms with Crippen molar-refractivity contribution in [2.24, 2.45) is 5.92 Å². The molecule has 2 atom stereocenters. The Labute approximate surface area is 135 Å². The first-order chi connectivity index (χ1) is 10.7. The maximum Gasteiger partial charge on any atom is 0.316 e. The molecule has 2 unspecified atom stereocenters. The van der Waals surface area contributed by atoms with Crippen molar-refractivity contribution in [3.05, 3.63) is 29.4 Å². The van der Waals surface area contributed by atoms with Gasteiger partial charge in [-0.2, -0.15) is 0 Å². The van der Waals surface area contributed by atoms with Crippen LogP contribution < -0.4 is 4.74 Å². The van der Waals surface area contributed by atoms with Crippen molar-refractivity contribution in [2.45, 2.75) is 38.8 Å². The zero-order chi connectivity index (χ0) is 15.1. The second-order valence-electron chi connectivity index (χ2n) is 6.36. The number of aromatic nitrogens is 2. The minimum Gasteiger partial charge on any atom is -0.458 e. The maximum atomic E-state index is 6.14. The molecule has 5 heteroatoms. The van der Waals surface area contributed by atoms with Gasteiger partial charge in [0.15, 0.2) is 0 Å². The molecule has 2 aromatic rings. The van der Waals surface area contributed by atoms with E-state index in [1.807, 2.05) is 12.4 Å². The lowest BCUT2D eigenvalue weighted by Gasteiger charge is -2.48. The van der Waals surface area contributed by atoms with E-state index < -0.39 is 0 Å². The summed E-state index contributed by atoms with van der Waals surface area (Å²) in [6, 6.07) is 5.23. The van der Waals surface area contributed by atoms with Crippen molar-refractivity contribution in [3.63, 3.8) is 0 Å². The molecule has 3 saturated heterocycles. The summed E-state index contributed by atoms with van der Waals surface area (Å²) in [7, 11) is 0. The fourth-order valence-electron chi connectivity index (χ4n) is 3.67. The van der Waals surface area contributed by atoms with E-state index in [4.69, 9.17) is 4.74 Å². The highest BCUT2D eigenvalue weighted by Gasteiger charge is 2.41. The Morgan fingerprint density at radius 1 is 1.18 bits per heavy atom. The minimum atomic E-state index is 0.234. The highest BCUT2D eigenvalue weighted by Crippen LogP contribution is 2.34. The van der Waals surface area contributed by atoms with Gasteiger partial charge in [0.2, 0.25) is 0 Å². The van der Waals surface area contributed by atoms with Crippen LogP contribution in [0, 0.1) is 12.8 Å². The lowest BCUT2D eigenvalue weighted by atomic mass is 9.81. The maximum absolute atomic E-state index is 6.14. The van der Waals surface area contributed by atoms with Gasteiger partial charge < -0.3 is 4.74 Å². The summed E-state index contributed by atoms with van der Waals surface area (Å²) in [5, 5.41) is 0. The van der Waals surface area contributed by atoms with Crippen LogP contribution in [0.4, 0.5) is 0 Å². The first-order valence-corrected chi connectivity index (χ1v) is 8.82. The third-order valence-corrected chi connectivity index (χ3v) is 6.03. The molecule has 0 saturated carbocycles. The van der Waals surface area contributed by atoms with Crippen LogP contribution in [0.3, 0.4) is 0 Å². The summed E-state index contributed by atoms with van der Waals surface area (Å²) >= 11 is 1.77. The van der Waals surface area contributed by atoms with Gasteiger partial charge in [0, 0.05) is 33.8 Å². The van der Waals surface area contributed by atoms with E-state index in [-0.39, 0.29) is 6.10 Å². The molecule has 0 amide bonds. The fourth-order valence-corrected chi connectivity index (χ4v) is 4.51. The molecule has 5 heterocycles. The minimum absolute atomic E-state index is 0.234. The van der Waals surface area contributed by atoms with Crippen molar-refractivity contribution < 1.29 is 4.74 Å². The Morgan fingerprint density at radius 3 is 2.50 bits per heavy atom. The molecule has 4 nitrogen and oxygen atoms in total. The summed E-state index contributed by atoms with van der Waals surface area (Å²) in [5.74, 6) is 0.656. The molecule has 2 bridgehead atoms. The molecule has 3 aliphatic heterocycles. The van der Waals surface area contributed by atoms with Crippen LogP contribution in [-0.4, -0.2) is 40.1 Å². The molecule has 3 fully saturated rings. The van der Waals surface area contributed by atoms with Gasteiger partial charge in [0.05, 0.1) is 0 Å². The number of piperidine rings is 3. The van der Waals surface area contributed by atoms with Gasteiger partial charge in [-0.3, -0.25) is 4.90 Å². The van der Waals surface area contributed by atoms with Crippen molar-refractivity contribution >= 4 is 11.3 Å². The number of hydrogen-bond donors (Lipinski definition) is 0. The number of hydrogen-bond acceptors (Lipinski definition) is 5.